The minimum Gasteiger partial charge on any atom is -0.334 e. The number of carbonyl (C=O) groups excluding carboxylic acids is 1. The van der Waals surface area contributed by atoms with E-state index in [1.54, 1.807) is 18.2 Å². The minimum absolute atomic E-state index is 0.257. The van der Waals surface area contributed by atoms with Gasteiger partial charge in [-0.05, 0) is 83.8 Å². The van der Waals surface area contributed by atoms with E-state index in [9.17, 15) is 9.18 Å². The van der Waals surface area contributed by atoms with Crippen LogP contribution in [0.3, 0.4) is 0 Å². The molecule has 0 saturated heterocycles. The van der Waals surface area contributed by atoms with Crippen molar-refractivity contribution in [1.29, 1.82) is 0 Å². The van der Waals surface area contributed by atoms with Gasteiger partial charge in [0.25, 0.3) is 0 Å². The number of amides is 2. The number of nitrogens with zero attached hydrogens (tertiary/aromatic N) is 2. The lowest BCUT2D eigenvalue weighted by Crippen LogP contribution is -2.31. The van der Waals surface area contributed by atoms with Crippen LogP contribution in [0.4, 0.5) is 9.18 Å². The molecule has 2 N–H and O–H groups in total. The Morgan fingerprint density at radius 2 is 1.97 bits per heavy atom. The standard InChI is InChI=1S/C26H21Cl2FN4OS2/c27-22-14-23(35-25(22)28)36-32-26(34)30-12-11-17-3-1-5-19-15-31-33(24(17)19)21-6-2-4-18(13-21)16-7-9-20(29)10-8-16/h2,4,6-11,13-15H,1,3,5,12H2,(H2,30,32,34)/b17-11+. The molecule has 2 aromatic heterocycles. The lowest BCUT2D eigenvalue weighted by molar-refractivity contribution is 0.247. The van der Waals surface area contributed by atoms with Crippen molar-refractivity contribution in [2.45, 2.75) is 23.5 Å². The first kappa shape index (κ1) is 24.9. The van der Waals surface area contributed by atoms with Crippen molar-refractivity contribution in [3.05, 3.63) is 93.3 Å². The van der Waals surface area contributed by atoms with E-state index < -0.39 is 0 Å². The van der Waals surface area contributed by atoms with Crippen molar-refractivity contribution in [2.75, 3.05) is 6.54 Å². The van der Waals surface area contributed by atoms with Crippen molar-refractivity contribution >= 4 is 58.1 Å². The molecule has 0 bridgehead atoms. The summed E-state index contributed by atoms with van der Waals surface area (Å²) in [7, 11) is 0. The molecule has 0 radical (unpaired) electrons. The Morgan fingerprint density at radius 1 is 1.14 bits per heavy atom. The lowest BCUT2D eigenvalue weighted by Gasteiger charge is -2.18. The van der Waals surface area contributed by atoms with Gasteiger partial charge < -0.3 is 5.32 Å². The Kier molecular flexibility index (Phi) is 7.67. The van der Waals surface area contributed by atoms with Crippen LogP contribution in [0.5, 0.6) is 0 Å². The zero-order valence-corrected chi connectivity index (χ0v) is 22.1. The van der Waals surface area contributed by atoms with E-state index in [4.69, 9.17) is 23.2 Å². The van der Waals surface area contributed by atoms with Crippen LogP contribution in [0.15, 0.2) is 71.1 Å². The Morgan fingerprint density at radius 3 is 2.75 bits per heavy atom. The molecule has 184 valence electrons. The van der Waals surface area contributed by atoms with Crippen molar-refractivity contribution in [2.24, 2.45) is 0 Å². The molecule has 2 aromatic carbocycles. The highest BCUT2D eigenvalue weighted by molar-refractivity contribution is 7.99. The van der Waals surface area contributed by atoms with E-state index in [1.807, 2.05) is 35.2 Å². The SMILES string of the molecule is O=C(NC/C=C1\CCCc2cnn(-c3cccc(-c4ccc(F)cc4)c3)c21)NSc1cc(Cl)c(Cl)s1. The predicted octanol–water partition coefficient (Wildman–Crippen LogP) is 7.77. The number of aromatic nitrogens is 2. The van der Waals surface area contributed by atoms with Crippen LogP contribution in [-0.4, -0.2) is 22.4 Å². The second kappa shape index (κ2) is 11.1. The molecule has 5 rings (SSSR count). The summed E-state index contributed by atoms with van der Waals surface area (Å²) in [6, 6.07) is 15.9. The highest BCUT2D eigenvalue weighted by Crippen LogP contribution is 2.36. The molecule has 4 aromatic rings. The largest absolute Gasteiger partial charge is 0.334 e. The summed E-state index contributed by atoms with van der Waals surface area (Å²) in [5.74, 6) is -0.257. The molecule has 0 atom stereocenters. The number of rotatable bonds is 6. The Hall–Kier alpha value is -2.78. The number of hydrogen-bond acceptors (Lipinski definition) is 4. The molecule has 2 amide bonds. The van der Waals surface area contributed by atoms with E-state index in [0.29, 0.717) is 15.9 Å². The number of benzene rings is 2. The van der Waals surface area contributed by atoms with E-state index in [-0.39, 0.29) is 11.8 Å². The molecule has 2 heterocycles. The molecular weight excluding hydrogens is 538 g/mol. The minimum atomic E-state index is -0.297. The smallest absolute Gasteiger partial charge is 0.325 e. The van der Waals surface area contributed by atoms with Crippen LogP contribution < -0.4 is 10.0 Å². The molecule has 0 unspecified atom stereocenters. The zero-order valence-electron chi connectivity index (χ0n) is 18.9. The van der Waals surface area contributed by atoms with E-state index in [1.165, 1.54) is 41.0 Å². The number of nitrogens with one attached hydrogen (secondary N) is 2. The molecule has 1 aliphatic rings. The fourth-order valence-corrected chi connectivity index (χ4v) is 6.42. The average Bonchev–Trinajstić information content (AvgIpc) is 3.46. The third-order valence-electron chi connectivity index (χ3n) is 5.79. The van der Waals surface area contributed by atoms with Gasteiger partial charge in [0.1, 0.15) is 10.2 Å². The molecule has 1 aliphatic carbocycles. The highest BCUT2D eigenvalue weighted by atomic mass is 35.5. The first-order chi connectivity index (χ1) is 17.5. The normalized spacial score (nSPS) is 14.0. The monoisotopic (exact) mass is 558 g/mol. The van der Waals surface area contributed by atoms with Gasteiger partial charge in [0.05, 0.1) is 26.8 Å². The summed E-state index contributed by atoms with van der Waals surface area (Å²) >= 11 is 14.4. The molecule has 0 saturated carbocycles. The van der Waals surface area contributed by atoms with E-state index in [2.05, 4.69) is 21.2 Å². The van der Waals surface area contributed by atoms with E-state index >= 15 is 0 Å². The first-order valence-electron chi connectivity index (χ1n) is 11.3. The van der Waals surface area contributed by atoms with Crippen LogP contribution in [-0.2, 0) is 6.42 Å². The fourth-order valence-electron chi connectivity index (χ4n) is 4.13. The summed E-state index contributed by atoms with van der Waals surface area (Å²) in [5, 5.41) is 8.02. The number of carbonyl (C=O) groups is 1. The predicted molar refractivity (Wildman–Crippen MR) is 147 cm³/mol. The van der Waals surface area contributed by atoms with Crippen LogP contribution in [0.2, 0.25) is 9.36 Å². The van der Waals surface area contributed by atoms with Crippen LogP contribution in [0.25, 0.3) is 22.4 Å². The fraction of sp³-hybridized carbons (Fsp3) is 0.154. The van der Waals surface area contributed by atoms with Gasteiger partial charge in [-0.2, -0.15) is 5.10 Å². The van der Waals surface area contributed by atoms with Gasteiger partial charge in [-0.25, -0.2) is 13.9 Å². The van der Waals surface area contributed by atoms with E-state index in [0.717, 1.165) is 51.6 Å². The van der Waals surface area contributed by atoms with Gasteiger partial charge in [0, 0.05) is 6.54 Å². The Bertz CT molecular complexity index is 1410. The maximum atomic E-state index is 13.4. The van der Waals surface area contributed by atoms with Crippen molar-refractivity contribution in [1.82, 2.24) is 19.8 Å². The van der Waals surface area contributed by atoms with Gasteiger partial charge in [-0.1, -0.05) is 53.5 Å². The molecule has 0 aliphatic heterocycles. The number of thiophene rings is 1. The molecular formula is C26H21Cl2FN4OS2. The first-order valence-corrected chi connectivity index (χ1v) is 13.6. The third-order valence-corrected chi connectivity index (χ3v) is 8.55. The topological polar surface area (TPSA) is 59.0 Å². The Labute approximate surface area is 226 Å². The molecule has 5 nitrogen and oxygen atoms in total. The number of halogens is 3. The maximum Gasteiger partial charge on any atom is 0.325 e. The van der Waals surface area contributed by atoms with Gasteiger partial charge >= 0.3 is 6.03 Å². The molecule has 36 heavy (non-hydrogen) atoms. The number of allylic oxidation sites excluding steroid dienone is 1. The second-order valence-electron chi connectivity index (χ2n) is 8.17. The summed E-state index contributed by atoms with van der Waals surface area (Å²) in [6.07, 6.45) is 6.85. The zero-order chi connectivity index (χ0) is 25.1. The van der Waals surface area contributed by atoms with Gasteiger partial charge in [0.2, 0.25) is 0 Å². The number of hydrogen-bond donors (Lipinski definition) is 2. The van der Waals surface area contributed by atoms with Gasteiger partial charge in [-0.15, -0.1) is 11.3 Å². The number of urea groups is 1. The molecule has 10 heteroatoms. The number of aryl methyl sites for hydroxylation is 1. The Balaban J connectivity index is 1.30. The second-order valence-corrected chi connectivity index (χ2v) is 11.3. The molecule has 0 fully saturated rings. The summed E-state index contributed by atoms with van der Waals surface area (Å²) in [5.41, 5.74) is 6.26. The number of fused-ring (bicyclic) bond motifs is 1. The van der Waals surface area contributed by atoms with Crippen LogP contribution >= 0.6 is 46.5 Å². The summed E-state index contributed by atoms with van der Waals surface area (Å²) < 4.78 is 19.4. The van der Waals surface area contributed by atoms with Crippen molar-refractivity contribution in [3.8, 4) is 16.8 Å². The summed E-state index contributed by atoms with van der Waals surface area (Å²) in [6.45, 7) is 0.383. The highest BCUT2D eigenvalue weighted by Gasteiger charge is 2.21. The van der Waals surface area contributed by atoms with Crippen LogP contribution in [0.1, 0.15) is 24.1 Å². The maximum absolute atomic E-state index is 13.4. The van der Waals surface area contributed by atoms with Crippen LogP contribution in [0, 0.1) is 5.82 Å². The van der Waals surface area contributed by atoms with Crippen molar-refractivity contribution < 1.29 is 9.18 Å². The van der Waals surface area contributed by atoms with Gasteiger partial charge in [-0.3, -0.25) is 4.72 Å². The summed E-state index contributed by atoms with van der Waals surface area (Å²) in [4.78, 5) is 12.3. The average molecular weight is 560 g/mol. The van der Waals surface area contributed by atoms with Gasteiger partial charge in [0.15, 0.2) is 0 Å². The lowest BCUT2D eigenvalue weighted by atomic mass is 9.92. The quantitative estimate of drug-likeness (QED) is 0.237. The molecule has 0 spiro atoms. The van der Waals surface area contributed by atoms with Crippen molar-refractivity contribution in [3.63, 3.8) is 0 Å². The third kappa shape index (κ3) is 5.62.